The smallest absolute Gasteiger partial charge is 0.259 e. The summed E-state index contributed by atoms with van der Waals surface area (Å²) in [6.45, 7) is 2.50. The van der Waals surface area contributed by atoms with Gasteiger partial charge in [0.05, 0.1) is 27.2 Å². The van der Waals surface area contributed by atoms with Crippen LogP contribution in [0, 0.1) is 5.92 Å². The molecule has 0 aromatic heterocycles. The second kappa shape index (κ2) is 9.13. The molecule has 1 saturated carbocycles. The van der Waals surface area contributed by atoms with Crippen molar-refractivity contribution in [1.29, 1.82) is 0 Å². The first-order valence-corrected chi connectivity index (χ1v) is 11.8. The molecule has 0 radical (unpaired) electrons. The molecule has 0 spiro atoms. The van der Waals surface area contributed by atoms with Gasteiger partial charge in [-0.1, -0.05) is 73.5 Å². The molecular formula is C27H37N2O2+. The number of hydrogen-bond donors (Lipinski definition) is 1. The topological polar surface area (TPSA) is 40.5 Å². The number of aliphatic hydroxyl groups is 1. The summed E-state index contributed by atoms with van der Waals surface area (Å²) in [5.41, 5.74) is 0.723. The van der Waals surface area contributed by atoms with Gasteiger partial charge in [-0.15, -0.1) is 0 Å². The number of amides is 1. The summed E-state index contributed by atoms with van der Waals surface area (Å²) in [5, 5.41) is 11.9. The van der Waals surface area contributed by atoms with E-state index in [1.54, 1.807) is 0 Å². The fraction of sp³-hybridized carbons (Fsp3) is 0.519. The molecule has 2 atom stereocenters. The standard InChI is InChI=1S/C27H37N2O2/c1-29(2,20-18-22-11-5-3-6-12-22)25-17-19-28(21-25)26(30)27(31,24-15-9-10-16-24)23-13-7-4-8-14-23/h3-8,11-14,24-25,31H,9-10,15-21H2,1-2H3/q+1/t25-,27?/m1/s1. The second-order valence-electron chi connectivity index (χ2n) is 10.0. The molecule has 31 heavy (non-hydrogen) atoms. The minimum Gasteiger partial charge on any atom is -0.375 e. The van der Waals surface area contributed by atoms with E-state index >= 15 is 0 Å². The lowest BCUT2D eigenvalue weighted by Crippen LogP contribution is -2.54. The van der Waals surface area contributed by atoms with Crippen LogP contribution in [0.1, 0.15) is 43.2 Å². The maximum absolute atomic E-state index is 13.8. The molecule has 2 aromatic rings. The minimum absolute atomic E-state index is 0.0158. The van der Waals surface area contributed by atoms with E-state index in [1.807, 2.05) is 35.2 Å². The van der Waals surface area contributed by atoms with Gasteiger partial charge in [-0.2, -0.15) is 0 Å². The number of quaternary nitrogens is 1. The van der Waals surface area contributed by atoms with E-state index in [0.717, 1.165) is 68.2 Å². The van der Waals surface area contributed by atoms with E-state index in [9.17, 15) is 9.90 Å². The molecule has 1 aliphatic heterocycles. The maximum atomic E-state index is 13.8. The van der Waals surface area contributed by atoms with Crippen LogP contribution in [-0.4, -0.2) is 60.2 Å². The maximum Gasteiger partial charge on any atom is 0.259 e. The van der Waals surface area contributed by atoms with Gasteiger partial charge in [0.1, 0.15) is 6.04 Å². The van der Waals surface area contributed by atoms with Crippen molar-refractivity contribution < 1.29 is 14.4 Å². The molecule has 4 nitrogen and oxygen atoms in total. The first kappa shape index (κ1) is 22.0. The second-order valence-corrected chi connectivity index (χ2v) is 10.0. The van der Waals surface area contributed by atoms with Gasteiger partial charge in [-0.25, -0.2) is 0 Å². The van der Waals surface area contributed by atoms with Crippen LogP contribution in [-0.2, 0) is 16.8 Å². The number of carbonyl (C=O) groups excluding carboxylic acids is 1. The summed E-state index contributed by atoms with van der Waals surface area (Å²) in [6, 6.07) is 20.7. The third kappa shape index (κ3) is 4.56. The summed E-state index contributed by atoms with van der Waals surface area (Å²) in [6.07, 6.45) is 6.07. The molecule has 1 aliphatic carbocycles. The number of rotatable bonds is 7. The quantitative estimate of drug-likeness (QED) is 0.687. The minimum atomic E-state index is -1.40. The summed E-state index contributed by atoms with van der Waals surface area (Å²) in [4.78, 5) is 15.7. The Morgan fingerprint density at radius 2 is 1.61 bits per heavy atom. The third-order valence-corrected chi connectivity index (χ3v) is 7.74. The lowest BCUT2D eigenvalue weighted by Gasteiger charge is -2.38. The zero-order chi connectivity index (χ0) is 21.9. The largest absolute Gasteiger partial charge is 0.375 e. The van der Waals surface area contributed by atoms with E-state index in [2.05, 4.69) is 44.4 Å². The van der Waals surface area contributed by atoms with Crippen molar-refractivity contribution in [2.24, 2.45) is 5.92 Å². The van der Waals surface area contributed by atoms with Crippen molar-refractivity contribution in [2.75, 3.05) is 33.7 Å². The Balaban J connectivity index is 1.47. The average molecular weight is 422 g/mol. The summed E-state index contributed by atoms with van der Waals surface area (Å²) in [5.74, 6) is -0.0711. The van der Waals surface area contributed by atoms with Crippen LogP contribution < -0.4 is 0 Å². The molecule has 1 amide bonds. The Bertz CT molecular complexity index is 861. The van der Waals surface area contributed by atoms with Crippen molar-refractivity contribution in [2.45, 2.75) is 50.2 Å². The number of nitrogens with zero attached hydrogens (tertiary/aromatic N) is 2. The highest BCUT2D eigenvalue weighted by atomic mass is 16.3. The Labute approximate surface area is 187 Å². The number of carbonyl (C=O) groups is 1. The molecule has 2 aliphatic rings. The van der Waals surface area contributed by atoms with Crippen molar-refractivity contribution in [3.8, 4) is 0 Å². The van der Waals surface area contributed by atoms with Crippen molar-refractivity contribution in [3.63, 3.8) is 0 Å². The number of likely N-dealkylation sites (N-methyl/N-ethyl adjacent to an activating group) is 1. The van der Waals surface area contributed by atoms with Gasteiger partial charge in [-0.05, 0) is 24.0 Å². The first-order chi connectivity index (χ1) is 14.9. The van der Waals surface area contributed by atoms with Crippen molar-refractivity contribution in [1.82, 2.24) is 4.90 Å². The summed E-state index contributed by atoms with van der Waals surface area (Å²) >= 11 is 0. The molecule has 4 heteroatoms. The van der Waals surface area contributed by atoms with E-state index in [1.165, 1.54) is 5.56 Å². The predicted octanol–water partition coefficient (Wildman–Crippen LogP) is 3.98. The fourth-order valence-corrected chi connectivity index (χ4v) is 5.55. The number of hydrogen-bond acceptors (Lipinski definition) is 2. The Morgan fingerprint density at radius 1 is 1.00 bits per heavy atom. The SMILES string of the molecule is C[N+](C)(CCc1ccccc1)[C@@H]1CCN(C(=O)C(O)(c2ccccc2)C2CCCC2)C1. The summed E-state index contributed by atoms with van der Waals surface area (Å²) in [7, 11) is 4.56. The van der Waals surface area contributed by atoms with Crippen LogP contribution in [0.2, 0.25) is 0 Å². The Morgan fingerprint density at radius 3 is 2.26 bits per heavy atom. The first-order valence-electron chi connectivity index (χ1n) is 11.8. The molecule has 4 rings (SSSR count). The zero-order valence-corrected chi connectivity index (χ0v) is 19.0. The van der Waals surface area contributed by atoms with Gasteiger partial charge >= 0.3 is 0 Å². The number of benzene rings is 2. The Hall–Kier alpha value is -2.17. The van der Waals surface area contributed by atoms with Crippen molar-refractivity contribution >= 4 is 5.91 Å². The third-order valence-electron chi connectivity index (χ3n) is 7.74. The Kier molecular flexibility index (Phi) is 6.49. The lowest BCUT2D eigenvalue weighted by atomic mass is 9.79. The molecular weight excluding hydrogens is 384 g/mol. The van der Waals surface area contributed by atoms with Crippen molar-refractivity contribution in [3.05, 3.63) is 71.8 Å². The van der Waals surface area contributed by atoms with Gasteiger partial charge in [0.25, 0.3) is 5.91 Å². The molecule has 0 bridgehead atoms. The van der Waals surface area contributed by atoms with E-state index in [-0.39, 0.29) is 11.8 Å². The van der Waals surface area contributed by atoms with Crippen LogP contribution in [0.3, 0.4) is 0 Å². The molecule has 1 N–H and O–H groups in total. The molecule has 1 unspecified atom stereocenters. The highest BCUT2D eigenvalue weighted by Crippen LogP contribution is 2.42. The normalized spacial score (nSPS) is 21.9. The lowest BCUT2D eigenvalue weighted by molar-refractivity contribution is -0.912. The number of likely N-dealkylation sites (tertiary alicyclic amines) is 1. The molecule has 1 heterocycles. The van der Waals surface area contributed by atoms with Gasteiger partial charge < -0.3 is 14.5 Å². The molecule has 2 fully saturated rings. The fourth-order valence-electron chi connectivity index (χ4n) is 5.55. The molecule has 166 valence electrons. The monoisotopic (exact) mass is 421 g/mol. The van der Waals surface area contributed by atoms with Crippen LogP contribution in [0.15, 0.2) is 60.7 Å². The summed E-state index contributed by atoms with van der Waals surface area (Å²) < 4.78 is 0.895. The van der Waals surface area contributed by atoms with Gasteiger partial charge in [0, 0.05) is 25.3 Å². The van der Waals surface area contributed by atoms with Gasteiger partial charge in [0.2, 0.25) is 0 Å². The van der Waals surface area contributed by atoms with E-state index in [0.29, 0.717) is 6.04 Å². The van der Waals surface area contributed by atoms with Crippen LogP contribution in [0.5, 0.6) is 0 Å². The molecule has 1 saturated heterocycles. The zero-order valence-electron chi connectivity index (χ0n) is 19.0. The average Bonchev–Trinajstić information content (AvgIpc) is 3.51. The highest BCUT2D eigenvalue weighted by molar-refractivity contribution is 5.87. The van der Waals surface area contributed by atoms with Gasteiger partial charge in [0.15, 0.2) is 5.60 Å². The highest BCUT2D eigenvalue weighted by Gasteiger charge is 2.50. The van der Waals surface area contributed by atoms with E-state index in [4.69, 9.17) is 0 Å². The molecule has 2 aromatic carbocycles. The van der Waals surface area contributed by atoms with Crippen LogP contribution in [0.4, 0.5) is 0 Å². The van der Waals surface area contributed by atoms with Gasteiger partial charge in [-0.3, -0.25) is 4.79 Å². The predicted molar refractivity (Wildman–Crippen MR) is 124 cm³/mol. The van der Waals surface area contributed by atoms with Crippen LogP contribution >= 0.6 is 0 Å². The van der Waals surface area contributed by atoms with E-state index < -0.39 is 5.60 Å². The van der Waals surface area contributed by atoms with Crippen LogP contribution in [0.25, 0.3) is 0 Å².